The summed E-state index contributed by atoms with van der Waals surface area (Å²) in [5, 5.41) is 29.1. The highest BCUT2D eigenvalue weighted by atomic mass is 16.5. The van der Waals surface area contributed by atoms with Crippen LogP contribution in [-0.2, 0) is 0 Å². The van der Waals surface area contributed by atoms with Gasteiger partial charge in [0.15, 0.2) is 5.75 Å². The zero-order valence-corrected chi connectivity index (χ0v) is 17.1. The molecule has 30 heavy (non-hydrogen) atoms. The smallest absolute Gasteiger partial charge is 0.341 e. The fraction of sp³-hybridized carbons (Fsp3) is 0.545. The van der Waals surface area contributed by atoms with E-state index in [1.165, 1.54) is 6.20 Å². The van der Waals surface area contributed by atoms with Crippen molar-refractivity contribution < 1.29 is 24.9 Å². The monoisotopic (exact) mass is 416 g/mol. The molecule has 1 saturated heterocycles. The molecule has 2 heterocycles. The Bertz CT molecular complexity index is 1000. The lowest BCUT2D eigenvalue weighted by molar-refractivity contribution is 0.0668. The standard InChI is InChI=1S/C22H28N2O6/c1-30-21-17(23-9-6-13(7-10-23)18(26)8-11-25)5-4-15-19(21)24(14-2-3-14)12-16(20(15)27)22(28)29/h4-5,12-14,18,25-26H,2-3,6-11H2,1H3,(H,28,29). The highest BCUT2D eigenvalue weighted by molar-refractivity contribution is 5.97. The zero-order chi connectivity index (χ0) is 21.4. The van der Waals surface area contributed by atoms with Crippen LogP contribution < -0.4 is 15.1 Å². The molecule has 1 aliphatic heterocycles. The van der Waals surface area contributed by atoms with Gasteiger partial charge in [0.2, 0.25) is 5.43 Å². The van der Waals surface area contributed by atoms with Gasteiger partial charge in [-0.3, -0.25) is 4.79 Å². The van der Waals surface area contributed by atoms with Gasteiger partial charge >= 0.3 is 5.97 Å². The van der Waals surface area contributed by atoms with Crippen LogP contribution in [0, 0.1) is 5.92 Å². The predicted molar refractivity (Wildman–Crippen MR) is 113 cm³/mol. The second-order valence-corrected chi connectivity index (χ2v) is 8.23. The summed E-state index contributed by atoms with van der Waals surface area (Å²) in [5.74, 6) is -0.478. The normalized spacial score (nSPS) is 18.6. The highest BCUT2D eigenvalue weighted by Crippen LogP contribution is 2.43. The molecule has 8 nitrogen and oxygen atoms in total. The molecule has 2 aromatic rings. The Morgan fingerprint density at radius 1 is 1.23 bits per heavy atom. The molecule has 8 heteroatoms. The van der Waals surface area contributed by atoms with Gasteiger partial charge in [0.25, 0.3) is 0 Å². The van der Waals surface area contributed by atoms with Crippen molar-refractivity contribution in [2.75, 3.05) is 31.7 Å². The van der Waals surface area contributed by atoms with Crippen LogP contribution >= 0.6 is 0 Å². The van der Waals surface area contributed by atoms with E-state index in [0.717, 1.165) is 44.5 Å². The van der Waals surface area contributed by atoms with Crippen LogP contribution in [0.4, 0.5) is 5.69 Å². The van der Waals surface area contributed by atoms with E-state index in [0.29, 0.717) is 23.1 Å². The van der Waals surface area contributed by atoms with Crippen LogP contribution in [-0.4, -0.2) is 58.8 Å². The third-order valence-electron chi connectivity index (χ3n) is 6.35. The van der Waals surface area contributed by atoms with Crippen molar-refractivity contribution in [2.45, 2.75) is 44.2 Å². The highest BCUT2D eigenvalue weighted by Gasteiger charge is 2.31. The number of anilines is 1. The molecule has 1 aromatic heterocycles. The van der Waals surface area contributed by atoms with Gasteiger partial charge in [0.05, 0.1) is 29.8 Å². The molecule has 2 aliphatic rings. The van der Waals surface area contributed by atoms with Crippen molar-refractivity contribution in [2.24, 2.45) is 5.92 Å². The van der Waals surface area contributed by atoms with Crippen molar-refractivity contribution in [1.82, 2.24) is 4.57 Å². The SMILES string of the molecule is COc1c(N2CCC(C(O)CCO)CC2)ccc2c(=O)c(C(=O)O)cn(C3CC3)c12. The van der Waals surface area contributed by atoms with Gasteiger partial charge in [-0.15, -0.1) is 0 Å². The molecular formula is C22H28N2O6. The number of aromatic carboxylic acids is 1. The number of hydrogen-bond donors (Lipinski definition) is 3. The first-order valence-corrected chi connectivity index (χ1v) is 10.5. The van der Waals surface area contributed by atoms with E-state index in [2.05, 4.69) is 4.90 Å². The van der Waals surface area contributed by atoms with Crippen LogP contribution in [0.15, 0.2) is 23.1 Å². The number of pyridine rings is 1. The number of benzene rings is 1. The number of nitrogens with zero attached hydrogens (tertiary/aromatic N) is 2. The maximum atomic E-state index is 12.8. The van der Waals surface area contributed by atoms with E-state index < -0.39 is 17.5 Å². The van der Waals surface area contributed by atoms with Gasteiger partial charge in [-0.25, -0.2) is 4.79 Å². The Hall–Kier alpha value is -2.58. The van der Waals surface area contributed by atoms with Gasteiger partial charge in [-0.2, -0.15) is 0 Å². The summed E-state index contributed by atoms with van der Waals surface area (Å²) in [4.78, 5) is 26.5. The van der Waals surface area contributed by atoms with Crippen molar-refractivity contribution >= 4 is 22.6 Å². The maximum Gasteiger partial charge on any atom is 0.341 e. The molecule has 2 fully saturated rings. The third kappa shape index (κ3) is 3.65. The van der Waals surface area contributed by atoms with E-state index in [4.69, 9.17) is 9.84 Å². The van der Waals surface area contributed by atoms with Gasteiger partial charge in [0, 0.05) is 31.9 Å². The van der Waals surface area contributed by atoms with E-state index in [1.54, 1.807) is 13.2 Å². The molecule has 0 spiro atoms. The molecule has 0 amide bonds. The van der Waals surface area contributed by atoms with Crippen LogP contribution in [0.2, 0.25) is 0 Å². The first-order chi connectivity index (χ1) is 14.5. The summed E-state index contributed by atoms with van der Waals surface area (Å²) in [6.07, 6.45) is 4.84. The number of carbonyl (C=O) groups is 1. The van der Waals surface area contributed by atoms with Crippen LogP contribution in [0.3, 0.4) is 0 Å². The van der Waals surface area contributed by atoms with Crippen molar-refractivity contribution in [1.29, 1.82) is 0 Å². The summed E-state index contributed by atoms with van der Waals surface area (Å²) >= 11 is 0. The van der Waals surface area contributed by atoms with Crippen LogP contribution in [0.1, 0.15) is 48.5 Å². The number of aliphatic hydroxyl groups excluding tert-OH is 2. The van der Waals surface area contributed by atoms with E-state index in [9.17, 15) is 19.8 Å². The summed E-state index contributed by atoms with van der Waals surface area (Å²) in [7, 11) is 1.57. The number of aliphatic hydroxyl groups is 2. The minimum atomic E-state index is -1.22. The number of aromatic nitrogens is 1. The first-order valence-electron chi connectivity index (χ1n) is 10.5. The molecule has 1 aromatic carbocycles. The zero-order valence-electron chi connectivity index (χ0n) is 17.1. The lowest BCUT2D eigenvalue weighted by Gasteiger charge is -2.36. The number of carboxylic acids is 1. The van der Waals surface area contributed by atoms with Crippen LogP contribution in [0.25, 0.3) is 10.9 Å². The minimum Gasteiger partial charge on any atom is -0.492 e. The lowest BCUT2D eigenvalue weighted by atomic mass is 9.89. The van der Waals surface area contributed by atoms with Crippen molar-refractivity contribution in [3.05, 3.63) is 34.1 Å². The number of piperidine rings is 1. The van der Waals surface area contributed by atoms with Gasteiger partial charge in [-0.05, 0) is 50.2 Å². The fourth-order valence-corrected chi connectivity index (χ4v) is 4.54. The average Bonchev–Trinajstić information content (AvgIpc) is 3.58. The predicted octanol–water partition coefficient (Wildman–Crippen LogP) is 2.00. The summed E-state index contributed by atoms with van der Waals surface area (Å²) in [6.45, 7) is 1.45. The Kier molecular flexibility index (Phi) is 5.71. The molecule has 1 unspecified atom stereocenters. The van der Waals surface area contributed by atoms with Gasteiger partial charge < -0.3 is 29.5 Å². The molecular weight excluding hydrogens is 388 g/mol. The topological polar surface area (TPSA) is 112 Å². The molecule has 1 atom stereocenters. The van der Waals surface area contributed by atoms with Gasteiger partial charge in [-0.1, -0.05) is 0 Å². The van der Waals surface area contributed by atoms with Crippen LogP contribution in [0.5, 0.6) is 5.75 Å². The summed E-state index contributed by atoms with van der Waals surface area (Å²) in [6, 6.07) is 3.71. The largest absolute Gasteiger partial charge is 0.492 e. The van der Waals surface area contributed by atoms with Crippen molar-refractivity contribution in [3.8, 4) is 5.75 Å². The number of carboxylic acid groups (broad SMARTS) is 1. The number of fused-ring (bicyclic) bond motifs is 1. The molecule has 162 valence electrons. The maximum absolute atomic E-state index is 12.8. The van der Waals surface area contributed by atoms with Crippen molar-refractivity contribution in [3.63, 3.8) is 0 Å². The number of ether oxygens (including phenoxy) is 1. The molecule has 1 saturated carbocycles. The average molecular weight is 416 g/mol. The number of methoxy groups -OCH3 is 1. The van der Waals surface area contributed by atoms with E-state index >= 15 is 0 Å². The van der Waals surface area contributed by atoms with E-state index in [-0.39, 0.29) is 24.1 Å². The Labute approximate surface area is 174 Å². The summed E-state index contributed by atoms with van der Waals surface area (Å²) in [5.41, 5.74) is 0.805. The number of rotatable bonds is 7. The molecule has 0 radical (unpaired) electrons. The third-order valence-corrected chi connectivity index (χ3v) is 6.35. The molecule has 0 bridgehead atoms. The minimum absolute atomic E-state index is 0.0170. The van der Waals surface area contributed by atoms with E-state index in [1.807, 2.05) is 10.6 Å². The Morgan fingerprint density at radius 3 is 2.50 bits per heavy atom. The first kappa shape index (κ1) is 20.7. The Morgan fingerprint density at radius 2 is 1.93 bits per heavy atom. The number of hydrogen-bond acceptors (Lipinski definition) is 6. The molecule has 3 N–H and O–H groups in total. The second-order valence-electron chi connectivity index (χ2n) is 8.23. The second kappa shape index (κ2) is 8.28. The molecule has 1 aliphatic carbocycles. The lowest BCUT2D eigenvalue weighted by Crippen LogP contribution is -2.38. The summed E-state index contributed by atoms with van der Waals surface area (Å²) < 4.78 is 7.66. The quantitative estimate of drug-likeness (QED) is 0.633. The fourth-order valence-electron chi connectivity index (χ4n) is 4.54. The van der Waals surface area contributed by atoms with Gasteiger partial charge in [0.1, 0.15) is 5.56 Å². The Balaban J connectivity index is 1.74. The molecule has 4 rings (SSSR count).